The number of carbonyl (C=O) groups is 1. The predicted molar refractivity (Wildman–Crippen MR) is 145 cm³/mol. The van der Waals surface area contributed by atoms with Gasteiger partial charge in [-0.2, -0.15) is 9.97 Å². The number of ether oxygens (including phenoxy) is 2. The number of morpholine rings is 1. The molecule has 214 valence electrons. The molecule has 3 fully saturated rings. The highest BCUT2D eigenvalue weighted by molar-refractivity contribution is 5.78. The highest BCUT2D eigenvalue weighted by atomic mass is 19.3. The molecule has 5 heterocycles. The number of benzene rings is 1. The van der Waals surface area contributed by atoms with E-state index >= 15 is 0 Å². The van der Waals surface area contributed by atoms with Crippen LogP contribution in [0.25, 0.3) is 16.9 Å². The molecule has 6 rings (SSSR count). The number of imidazole rings is 1. The van der Waals surface area contributed by atoms with Gasteiger partial charge in [0.2, 0.25) is 17.7 Å². The molecule has 0 radical (unpaired) electrons. The average Bonchev–Trinajstić information content (AvgIpc) is 3.62. The van der Waals surface area contributed by atoms with Crippen molar-refractivity contribution in [3.63, 3.8) is 0 Å². The lowest BCUT2D eigenvalue weighted by molar-refractivity contribution is -0.130. The Morgan fingerprint density at radius 2 is 1.82 bits per heavy atom. The van der Waals surface area contributed by atoms with Gasteiger partial charge in [-0.1, -0.05) is 18.6 Å². The van der Waals surface area contributed by atoms with E-state index in [1.807, 2.05) is 9.80 Å². The van der Waals surface area contributed by atoms with Crippen LogP contribution >= 0.6 is 0 Å². The minimum atomic E-state index is -2.79. The third-order valence-corrected chi connectivity index (χ3v) is 7.86. The molecule has 0 N–H and O–H groups in total. The van der Waals surface area contributed by atoms with E-state index in [1.165, 1.54) is 23.8 Å². The molecule has 0 unspecified atom stereocenters. The maximum absolute atomic E-state index is 14.1. The van der Waals surface area contributed by atoms with Crippen LogP contribution in [0.1, 0.15) is 44.4 Å². The summed E-state index contributed by atoms with van der Waals surface area (Å²) in [5.74, 6) is 0.701. The number of piperidine rings is 1. The minimum absolute atomic E-state index is 0.139. The summed E-state index contributed by atoms with van der Waals surface area (Å²) >= 11 is 0. The van der Waals surface area contributed by atoms with Crippen LogP contribution < -0.4 is 9.64 Å². The zero-order valence-corrected chi connectivity index (χ0v) is 22.6. The number of alkyl halides is 2. The van der Waals surface area contributed by atoms with E-state index in [4.69, 9.17) is 9.47 Å². The predicted octanol–water partition coefficient (Wildman–Crippen LogP) is 3.45. The third kappa shape index (κ3) is 5.87. The molecular formula is C28H35F2N7O3. The summed E-state index contributed by atoms with van der Waals surface area (Å²) in [6.07, 6.45) is 1.83. The Morgan fingerprint density at radius 1 is 1.02 bits per heavy atom. The van der Waals surface area contributed by atoms with Crippen molar-refractivity contribution in [1.82, 2.24) is 29.3 Å². The Kier molecular flexibility index (Phi) is 8.05. The van der Waals surface area contributed by atoms with Crippen LogP contribution in [0, 0.1) is 0 Å². The number of aromatic nitrogens is 4. The minimum Gasteiger partial charge on any atom is -0.472 e. The molecular weight excluding hydrogens is 520 g/mol. The van der Waals surface area contributed by atoms with Crippen molar-refractivity contribution in [2.45, 2.75) is 44.6 Å². The molecule has 1 atom stereocenters. The molecule has 3 aliphatic rings. The van der Waals surface area contributed by atoms with E-state index in [1.54, 1.807) is 30.3 Å². The normalized spacial score (nSPS) is 20.5. The second-order valence-electron chi connectivity index (χ2n) is 10.6. The molecule has 12 heteroatoms. The van der Waals surface area contributed by atoms with E-state index in [0.29, 0.717) is 69.2 Å². The van der Waals surface area contributed by atoms with Crippen LogP contribution in [0.2, 0.25) is 0 Å². The zero-order valence-electron chi connectivity index (χ0n) is 22.6. The molecule has 0 spiro atoms. The first-order valence-electron chi connectivity index (χ1n) is 14.2. The van der Waals surface area contributed by atoms with E-state index in [0.717, 1.165) is 19.6 Å². The molecule has 10 nitrogen and oxygen atoms in total. The van der Waals surface area contributed by atoms with Gasteiger partial charge in [0.1, 0.15) is 11.9 Å². The average molecular weight is 556 g/mol. The molecule has 40 heavy (non-hydrogen) atoms. The van der Waals surface area contributed by atoms with Gasteiger partial charge in [0.15, 0.2) is 5.82 Å². The van der Waals surface area contributed by atoms with Crippen LogP contribution in [0.3, 0.4) is 0 Å². The lowest BCUT2D eigenvalue weighted by Crippen LogP contribution is -2.37. The Morgan fingerprint density at radius 3 is 2.62 bits per heavy atom. The monoisotopic (exact) mass is 555 g/mol. The summed E-state index contributed by atoms with van der Waals surface area (Å²) in [5, 5.41) is 0. The van der Waals surface area contributed by atoms with Crippen molar-refractivity contribution in [3.05, 3.63) is 36.2 Å². The lowest BCUT2D eigenvalue weighted by Gasteiger charge is -2.27. The number of amides is 1. The van der Waals surface area contributed by atoms with Gasteiger partial charge >= 0.3 is 0 Å². The van der Waals surface area contributed by atoms with Gasteiger partial charge in [0, 0.05) is 45.1 Å². The van der Waals surface area contributed by atoms with Gasteiger partial charge in [0.25, 0.3) is 6.43 Å². The van der Waals surface area contributed by atoms with Crippen LogP contribution in [-0.4, -0.2) is 100 Å². The van der Waals surface area contributed by atoms with Gasteiger partial charge in [-0.3, -0.25) is 9.36 Å². The van der Waals surface area contributed by atoms with Crippen LogP contribution in [0.15, 0.2) is 30.3 Å². The first-order valence-corrected chi connectivity index (χ1v) is 14.2. The molecule has 1 aromatic carbocycles. The molecule has 0 bridgehead atoms. The number of carbonyl (C=O) groups excluding carboxylic acids is 1. The molecule has 2 aromatic heterocycles. The summed E-state index contributed by atoms with van der Waals surface area (Å²) < 4.78 is 41.4. The van der Waals surface area contributed by atoms with Gasteiger partial charge in [-0.15, -0.1) is 0 Å². The summed E-state index contributed by atoms with van der Waals surface area (Å²) in [4.78, 5) is 32.6. The number of hydrogen-bond acceptors (Lipinski definition) is 8. The summed E-state index contributed by atoms with van der Waals surface area (Å²) in [5.41, 5.74) is 0.989. The number of likely N-dealkylation sites (tertiary alicyclic amines) is 2. The maximum atomic E-state index is 14.1. The smallest absolute Gasteiger partial charge is 0.296 e. The first-order chi connectivity index (χ1) is 19.5. The van der Waals surface area contributed by atoms with Crippen LogP contribution in [-0.2, 0) is 9.53 Å². The highest BCUT2D eigenvalue weighted by Crippen LogP contribution is 2.30. The highest BCUT2D eigenvalue weighted by Gasteiger charge is 2.29. The quantitative estimate of drug-likeness (QED) is 0.418. The fraction of sp³-hybridized carbons (Fsp3) is 0.571. The number of rotatable bonds is 8. The van der Waals surface area contributed by atoms with E-state index < -0.39 is 6.43 Å². The molecule has 1 amide bonds. The number of hydrogen-bond donors (Lipinski definition) is 0. The lowest BCUT2D eigenvalue weighted by atomic mass is 10.1. The van der Waals surface area contributed by atoms with Gasteiger partial charge in [0.05, 0.1) is 30.8 Å². The van der Waals surface area contributed by atoms with Crippen molar-refractivity contribution in [1.29, 1.82) is 0 Å². The maximum Gasteiger partial charge on any atom is 0.296 e. The number of para-hydroxylation sites is 2. The second-order valence-corrected chi connectivity index (χ2v) is 10.6. The Balaban J connectivity index is 1.23. The Labute approximate surface area is 231 Å². The van der Waals surface area contributed by atoms with Crippen LogP contribution in [0.5, 0.6) is 5.88 Å². The van der Waals surface area contributed by atoms with E-state index in [9.17, 15) is 13.6 Å². The van der Waals surface area contributed by atoms with Crippen molar-refractivity contribution < 1.29 is 23.0 Å². The number of halogens is 2. The number of nitrogens with zero attached hydrogens (tertiary/aromatic N) is 7. The second kappa shape index (κ2) is 12.0. The Bertz CT molecular complexity index is 1320. The van der Waals surface area contributed by atoms with Crippen molar-refractivity contribution in [2.24, 2.45) is 0 Å². The summed E-state index contributed by atoms with van der Waals surface area (Å²) in [7, 11) is 0. The molecule has 3 aromatic rings. The molecule has 0 aliphatic carbocycles. The largest absolute Gasteiger partial charge is 0.472 e. The fourth-order valence-corrected chi connectivity index (χ4v) is 5.73. The third-order valence-electron chi connectivity index (χ3n) is 7.86. The first kappa shape index (κ1) is 26.8. The van der Waals surface area contributed by atoms with Gasteiger partial charge in [-0.05, 0) is 38.1 Å². The van der Waals surface area contributed by atoms with E-state index in [2.05, 4.69) is 19.9 Å². The van der Waals surface area contributed by atoms with E-state index in [-0.39, 0.29) is 29.5 Å². The van der Waals surface area contributed by atoms with Crippen molar-refractivity contribution >= 4 is 22.9 Å². The molecule has 3 saturated heterocycles. The Hall–Kier alpha value is -3.38. The van der Waals surface area contributed by atoms with Crippen LogP contribution in [0.4, 0.5) is 14.7 Å². The van der Waals surface area contributed by atoms with Gasteiger partial charge < -0.3 is 24.2 Å². The van der Waals surface area contributed by atoms with Gasteiger partial charge in [-0.25, -0.2) is 13.8 Å². The summed E-state index contributed by atoms with van der Waals surface area (Å²) in [6.45, 7) is 6.25. The number of anilines is 1. The number of fused-ring (bicyclic) bond motifs is 1. The molecule has 0 saturated carbocycles. The van der Waals surface area contributed by atoms with Crippen molar-refractivity contribution in [2.75, 3.05) is 63.9 Å². The molecule has 3 aliphatic heterocycles. The fourth-order valence-electron chi connectivity index (χ4n) is 5.73. The zero-order chi connectivity index (χ0) is 27.5. The standard InChI is InChI=1S/C28H35F2N7O3/c29-26(30)27-31-21-6-2-3-7-22(21)37(27)23-18-24(33-28(32-23)35-14-16-39-17-15-35)40-20-8-13-36(19-20)25(38)9-12-34-10-4-1-5-11-34/h2-3,6-7,18,20,26H,1,4-5,8-17,19H2/t20-/m0/s1. The summed E-state index contributed by atoms with van der Waals surface area (Å²) in [6, 6.07) is 8.59. The SMILES string of the molecule is O=C(CCN1CCCCC1)N1CC[C@H](Oc2cc(-n3c(C(F)F)nc4ccccc43)nc(N3CCOCC3)n2)C1. The van der Waals surface area contributed by atoms with Crippen molar-refractivity contribution in [3.8, 4) is 11.7 Å². The topological polar surface area (TPSA) is 88.9 Å².